The van der Waals surface area contributed by atoms with E-state index in [1.165, 1.54) is 0 Å². The van der Waals surface area contributed by atoms with Crippen LogP contribution >= 0.6 is 0 Å². The second-order valence-corrected chi connectivity index (χ2v) is 6.10. The third-order valence-electron chi connectivity index (χ3n) is 4.44. The van der Waals surface area contributed by atoms with Gasteiger partial charge in [0.2, 0.25) is 5.65 Å². The molecule has 1 aromatic carbocycles. The molecule has 0 atom stereocenters. The van der Waals surface area contributed by atoms with Gasteiger partial charge in [-0.2, -0.15) is 10.3 Å². The van der Waals surface area contributed by atoms with Crippen LogP contribution in [0.25, 0.3) is 22.3 Å². The van der Waals surface area contributed by atoms with Gasteiger partial charge in [-0.25, -0.2) is 4.98 Å². The predicted octanol–water partition coefficient (Wildman–Crippen LogP) is 1.58. The van der Waals surface area contributed by atoms with E-state index >= 15 is 0 Å². The van der Waals surface area contributed by atoms with E-state index in [-0.39, 0.29) is 11.9 Å². The van der Waals surface area contributed by atoms with Crippen LogP contribution in [-0.2, 0) is 0 Å². The summed E-state index contributed by atoms with van der Waals surface area (Å²) in [6.45, 7) is 1.44. The maximum Gasteiger partial charge on any atom is 0.253 e. The fourth-order valence-corrected chi connectivity index (χ4v) is 3.02. The first-order chi connectivity index (χ1) is 11.7. The smallest absolute Gasteiger partial charge is 0.253 e. The number of carbonyl (C=O) groups excluding carboxylic acids is 1. The summed E-state index contributed by atoms with van der Waals surface area (Å²) in [5.74, 6) is 0.0548. The zero-order valence-corrected chi connectivity index (χ0v) is 13.1. The monoisotopic (exact) mass is 322 g/mol. The van der Waals surface area contributed by atoms with Gasteiger partial charge in [-0.3, -0.25) is 4.79 Å². The van der Waals surface area contributed by atoms with Crippen molar-refractivity contribution in [2.75, 3.05) is 13.1 Å². The van der Waals surface area contributed by atoms with Gasteiger partial charge in [0.25, 0.3) is 5.91 Å². The number of nitrogens with two attached hydrogens (primary N) is 1. The number of hydrogen-bond acceptors (Lipinski definition) is 5. The maximum atomic E-state index is 12.7. The molecule has 0 radical (unpaired) electrons. The molecule has 122 valence electrons. The molecule has 0 aliphatic carbocycles. The van der Waals surface area contributed by atoms with Crippen LogP contribution in [0.2, 0.25) is 0 Å². The topological polar surface area (TPSA) is 101 Å². The largest absolute Gasteiger partial charge is 0.339 e. The number of nitrogens with zero attached hydrogens (tertiary/aromatic N) is 4. The van der Waals surface area contributed by atoms with E-state index in [9.17, 15) is 4.79 Å². The fourth-order valence-electron chi connectivity index (χ4n) is 3.02. The van der Waals surface area contributed by atoms with Crippen LogP contribution in [0.4, 0.5) is 0 Å². The molecular weight excluding hydrogens is 304 g/mol. The first kappa shape index (κ1) is 14.8. The lowest BCUT2D eigenvalue weighted by atomic mass is 10.0. The van der Waals surface area contributed by atoms with E-state index in [1.807, 2.05) is 35.2 Å². The molecule has 0 spiro atoms. The van der Waals surface area contributed by atoms with Crippen molar-refractivity contribution in [3.8, 4) is 11.1 Å². The van der Waals surface area contributed by atoms with Gasteiger partial charge in [-0.1, -0.05) is 12.1 Å². The lowest BCUT2D eigenvalue weighted by Gasteiger charge is -2.30. The molecule has 1 aliphatic rings. The van der Waals surface area contributed by atoms with E-state index in [2.05, 4.69) is 20.4 Å². The number of amides is 1. The fraction of sp³-hybridized carbons (Fsp3) is 0.294. The highest BCUT2D eigenvalue weighted by Crippen LogP contribution is 2.23. The number of benzene rings is 1. The molecule has 3 aromatic rings. The Morgan fingerprint density at radius 1 is 1.17 bits per heavy atom. The molecule has 3 heterocycles. The molecule has 3 N–H and O–H groups in total. The third-order valence-corrected chi connectivity index (χ3v) is 4.44. The van der Waals surface area contributed by atoms with E-state index in [0.717, 1.165) is 37.1 Å². The molecule has 0 unspecified atom stereocenters. The highest BCUT2D eigenvalue weighted by molar-refractivity contribution is 5.95. The number of nitrogens with one attached hydrogen (secondary N) is 1. The van der Waals surface area contributed by atoms with Crippen molar-refractivity contribution in [1.29, 1.82) is 0 Å². The summed E-state index contributed by atoms with van der Waals surface area (Å²) in [5, 5.41) is 10.6. The lowest BCUT2D eigenvalue weighted by Crippen LogP contribution is -2.42. The summed E-state index contributed by atoms with van der Waals surface area (Å²) in [6, 6.07) is 9.73. The molecule has 0 saturated carbocycles. The van der Waals surface area contributed by atoms with E-state index in [0.29, 0.717) is 16.7 Å². The number of hydrogen-bond donors (Lipinski definition) is 2. The van der Waals surface area contributed by atoms with E-state index in [1.54, 1.807) is 6.20 Å². The second kappa shape index (κ2) is 6.01. The number of rotatable bonds is 2. The standard InChI is InChI=1S/C17H18N6O/c18-14-4-6-23(7-5-14)17(24)12-3-1-2-11(8-12)13-9-15-16(19-10-13)21-22-20-15/h1-3,8-10,14H,4-7,18H2,(H,19,20,21,22). The number of likely N-dealkylation sites (tertiary alicyclic amines) is 1. The van der Waals surface area contributed by atoms with Gasteiger partial charge in [0.15, 0.2) is 0 Å². The minimum absolute atomic E-state index is 0.0548. The van der Waals surface area contributed by atoms with Gasteiger partial charge in [-0.15, -0.1) is 5.10 Å². The van der Waals surface area contributed by atoms with Gasteiger partial charge in [0, 0.05) is 36.5 Å². The van der Waals surface area contributed by atoms with Crippen LogP contribution in [0.1, 0.15) is 23.2 Å². The zero-order chi connectivity index (χ0) is 16.5. The number of carbonyl (C=O) groups is 1. The van der Waals surface area contributed by atoms with E-state index in [4.69, 9.17) is 5.73 Å². The lowest BCUT2D eigenvalue weighted by molar-refractivity contribution is 0.0715. The third kappa shape index (κ3) is 2.74. The van der Waals surface area contributed by atoms with Crippen molar-refractivity contribution >= 4 is 17.1 Å². The minimum atomic E-state index is 0.0548. The van der Waals surface area contributed by atoms with Crippen molar-refractivity contribution in [3.05, 3.63) is 42.1 Å². The van der Waals surface area contributed by atoms with Crippen molar-refractivity contribution < 1.29 is 4.79 Å². The minimum Gasteiger partial charge on any atom is -0.339 e. The van der Waals surface area contributed by atoms with Gasteiger partial charge in [0.05, 0.1) is 0 Å². The molecule has 1 amide bonds. The highest BCUT2D eigenvalue weighted by Gasteiger charge is 2.21. The molecule has 4 rings (SSSR count). The first-order valence-corrected chi connectivity index (χ1v) is 8.02. The van der Waals surface area contributed by atoms with Gasteiger partial charge in [-0.05, 0) is 36.6 Å². The van der Waals surface area contributed by atoms with Crippen LogP contribution in [-0.4, -0.2) is 50.3 Å². The number of aromatic amines is 1. The Kier molecular flexibility index (Phi) is 3.70. The van der Waals surface area contributed by atoms with Crippen LogP contribution in [0, 0.1) is 0 Å². The molecule has 7 nitrogen and oxygen atoms in total. The number of piperidine rings is 1. The summed E-state index contributed by atoms with van der Waals surface area (Å²) in [5.41, 5.74) is 9.73. The summed E-state index contributed by atoms with van der Waals surface area (Å²) < 4.78 is 0. The second-order valence-electron chi connectivity index (χ2n) is 6.10. The number of pyridine rings is 1. The normalized spacial score (nSPS) is 15.8. The Balaban J connectivity index is 1.62. The van der Waals surface area contributed by atoms with Gasteiger partial charge in [0.1, 0.15) is 5.52 Å². The van der Waals surface area contributed by atoms with E-state index < -0.39 is 0 Å². The van der Waals surface area contributed by atoms with Gasteiger partial charge < -0.3 is 10.6 Å². The quantitative estimate of drug-likeness (QED) is 0.746. The summed E-state index contributed by atoms with van der Waals surface area (Å²) in [4.78, 5) is 18.9. The molecule has 2 aromatic heterocycles. The summed E-state index contributed by atoms with van der Waals surface area (Å²) in [7, 11) is 0. The molecule has 24 heavy (non-hydrogen) atoms. The van der Waals surface area contributed by atoms with Crippen LogP contribution < -0.4 is 5.73 Å². The maximum absolute atomic E-state index is 12.7. The van der Waals surface area contributed by atoms with Crippen molar-refractivity contribution in [1.82, 2.24) is 25.3 Å². The van der Waals surface area contributed by atoms with Crippen LogP contribution in [0.5, 0.6) is 0 Å². The Morgan fingerprint density at radius 2 is 2.00 bits per heavy atom. The molecule has 1 saturated heterocycles. The Hall–Kier alpha value is -2.80. The van der Waals surface area contributed by atoms with Crippen molar-refractivity contribution in [3.63, 3.8) is 0 Å². The molecular formula is C17H18N6O. The molecule has 1 fully saturated rings. The highest BCUT2D eigenvalue weighted by atomic mass is 16.2. The van der Waals surface area contributed by atoms with Crippen molar-refractivity contribution in [2.45, 2.75) is 18.9 Å². The first-order valence-electron chi connectivity index (χ1n) is 8.02. The van der Waals surface area contributed by atoms with Gasteiger partial charge >= 0.3 is 0 Å². The zero-order valence-electron chi connectivity index (χ0n) is 13.1. The SMILES string of the molecule is NC1CCN(C(=O)c2cccc(-c3cnc4n[nH]nc4c3)c2)CC1. The Labute approximate surface area is 138 Å². The Bertz CT molecular complexity index is 881. The average Bonchev–Trinajstić information content (AvgIpc) is 3.09. The Morgan fingerprint density at radius 3 is 2.83 bits per heavy atom. The average molecular weight is 322 g/mol. The molecule has 0 bridgehead atoms. The number of fused-ring (bicyclic) bond motifs is 1. The number of aromatic nitrogens is 4. The summed E-state index contributed by atoms with van der Waals surface area (Å²) in [6.07, 6.45) is 3.46. The number of H-pyrrole nitrogens is 1. The predicted molar refractivity (Wildman–Crippen MR) is 90.2 cm³/mol. The summed E-state index contributed by atoms with van der Waals surface area (Å²) >= 11 is 0. The molecule has 1 aliphatic heterocycles. The van der Waals surface area contributed by atoms with Crippen LogP contribution in [0.15, 0.2) is 36.5 Å². The molecule has 7 heteroatoms. The van der Waals surface area contributed by atoms with Crippen molar-refractivity contribution in [2.24, 2.45) is 5.73 Å². The van der Waals surface area contributed by atoms with Crippen LogP contribution in [0.3, 0.4) is 0 Å².